The second kappa shape index (κ2) is 8.81. The van der Waals surface area contributed by atoms with E-state index >= 15 is 0 Å². The Morgan fingerprint density at radius 3 is 2.65 bits per heavy atom. The normalized spacial score (nSPS) is 18.2. The number of nitrogens with two attached hydrogens (primary N) is 2. The van der Waals surface area contributed by atoms with Crippen molar-refractivity contribution in [3.63, 3.8) is 0 Å². The summed E-state index contributed by atoms with van der Waals surface area (Å²) in [5.41, 5.74) is 14.2. The average molecular weight is 521 g/mol. The first-order chi connectivity index (χ1) is 17.6. The molecule has 3 aromatic rings. The predicted octanol–water partition coefficient (Wildman–Crippen LogP) is 2.50. The van der Waals surface area contributed by atoms with Crippen molar-refractivity contribution in [1.29, 1.82) is 0 Å². The zero-order chi connectivity index (χ0) is 26.7. The highest BCUT2D eigenvalue weighted by molar-refractivity contribution is 6.91. The number of anilines is 1. The SMILES string of the molecule is CCC[Si](C)(C)c1c2c(nc3ccc(N)cc13)-c1cc3c(c(=O)n1C2)COC(=O)C3(CC)OC(=O)CN. The van der Waals surface area contributed by atoms with Gasteiger partial charge in [0.2, 0.25) is 5.60 Å². The summed E-state index contributed by atoms with van der Waals surface area (Å²) in [6.07, 6.45) is 1.15. The summed E-state index contributed by atoms with van der Waals surface area (Å²) in [4.78, 5) is 44.1. The molecular weight excluding hydrogens is 488 g/mol. The van der Waals surface area contributed by atoms with Crippen LogP contribution >= 0.6 is 0 Å². The monoisotopic (exact) mass is 520 g/mol. The third kappa shape index (κ3) is 3.69. The molecule has 1 unspecified atom stereocenters. The van der Waals surface area contributed by atoms with E-state index in [9.17, 15) is 14.4 Å². The molecule has 0 aliphatic carbocycles. The van der Waals surface area contributed by atoms with Gasteiger partial charge in [-0.15, -0.1) is 0 Å². The maximum atomic E-state index is 13.8. The van der Waals surface area contributed by atoms with Crippen LogP contribution in [-0.4, -0.2) is 36.1 Å². The van der Waals surface area contributed by atoms with Gasteiger partial charge in [-0.05, 0) is 41.4 Å². The van der Waals surface area contributed by atoms with Gasteiger partial charge in [0.05, 0.1) is 43.6 Å². The summed E-state index contributed by atoms with van der Waals surface area (Å²) in [6, 6.07) is 8.59. The molecule has 0 radical (unpaired) electrons. The van der Waals surface area contributed by atoms with Gasteiger partial charge in [0.15, 0.2) is 0 Å². The van der Waals surface area contributed by atoms with Gasteiger partial charge in [-0.1, -0.05) is 39.4 Å². The molecule has 4 heterocycles. The molecule has 37 heavy (non-hydrogen) atoms. The minimum atomic E-state index is -1.96. The lowest BCUT2D eigenvalue weighted by molar-refractivity contribution is -0.188. The number of rotatable bonds is 6. The number of fused-ring (bicyclic) bond motifs is 5. The van der Waals surface area contributed by atoms with Gasteiger partial charge in [-0.3, -0.25) is 9.59 Å². The zero-order valence-electron chi connectivity index (χ0n) is 21.6. The van der Waals surface area contributed by atoms with Gasteiger partial charge in [0.25, 0.3) is 5.56 Å². The maximum absolute atomic E-state index is 13.8. The topological polar surface area (TPSA) is 140 Å². The van der Waals surface area contributed by atoms with Gasteiger partial charge < -0.3 is 25.5 Å². The van der Waals surface area contributed by atoms with E-state index in [0.717, 1.165) is 34.6 Å². The zero-order valence-corrected chi connectivity index (χ0v) is 22.6. The van der Waals surface area contributed by atoms with E-state index in [1.54, 1.807) is 17.6 Å². The fourth-order valence-corrected chi connectivity index (χ4v) is 9.46. The van der Waals surface area contributed by atoms with Crippen molar-refractivity contribution in [2.75, 3.05) is 12.3 Å². The van der Waals surface area contributed by atoms with Crippen LogP contribution in [0.15, 0.2) is 29.1 Å². The molecule has 0 saturated carbocycles. The molecule has 4 N–H and O–H groups in total. The Labute approximate surface area is 215 Å². The smallest absolute Gasteiger partial charge is 0.355 e. The summed E-state index contributed by atoms with van der Waals surface area (Å²) in [5, 5.41) is 2.29. The Hall–Kier alpha value is -3.50. The van der Waals surface area contributed by atoms with Crippen LogP contribution in [0.3, 0.4) is 0 Å². The van der Waals surface area contributed by atoms with E-state index in [1.807, 2.05) is 18.2 Å². The minimum absolute atomic E-state index is 0.104. The molecule has 2 aromatic heterocycles. The highest BCUT2D eigenvalue weighted by atomic mass is 28.3. The molecule has 0 bridgehead atoms. The molecule has 194 valence electrons. The van der Waals surface area contributed by atoms with Crippen molar-refractivity contribution in [2.45, 2.75) is 64.6 Å². The Balaban J connectivity index is 1.82. The number of benzene rings is 1. The fraction of sp³-hybridized carbons (Fsp3) is 0.407. The molecule has 2 aliphatic rings. The van der Waals surface area contributed by atoms with E-state index in [2.05, 4.69) is 20.0 Å². The number of carbonyl (C=O) groups excluding carboxylic acids is 2. The van der Waals surface area contributed by atoms with Crippen LogP contribution in [0.5, 0.6) is 0 Å². The van der Waals surface area contributed by atoms with Crippen molar-refractivity contribution in [1.82, 2.24) is 9.55 Å². The van der Waals surface area contributed by atoms with Crippen LogP contribution < -0.4 is 22.2 Å². The molecule has 1 atom stereocenters. The summed E-state index contributed by atoms with van der Waals surface area (Å²) in [6.45, 7) is 8.38. The summed E-state index contributed by atoms with van der Waals surface area (Å²) in [7, 11) is -1.96. The molecule has 5 rings (SSSR count). The van der Waals surface area contributed by atoms with E-state index in [4.69, 9.17) is 25.9 Å². The number of nitrogens with zero attached hydrogens (tertiary/aromatic N) is 2. The highest BCUT2D eigenvalue weighted by Gasteiger charge is 2.50. The predicted molar refractivity (Wildman–Crippen MR) is 144 cm³/mol. The number of pyridine rings is 2. The molecular formula is C27H32N4O5Si. The Bertz CT molecular complexity index is 1530. The number of nitrogen functional groups attached to an aromatic ring is 1. The van der Waals surface area contributed by atoms with Gasteiger partial charge in [0, 0.05) is 16.6 Å². The Morgan fingerprint density at radius 2 is 1.97 bits per heavy atom. The van der Waals surface area contributed by atoms with E-state index in [1.165, 1.54) is 5.19 Å². The van der Waals surface area contributed by atoms with Gasteiger partial charge in [-0.25, -0.2) is 9.78 Å². The van der Waals surface area contributed by atoms with Crippen LogP contribution in [0.4, 0.5) is 5.69 Å². The number of aromatic nitrogens is 2. The van der Waals surface area contributed by atoms with E-state index < -0.39 is 32.2 Å². The number of hydrogen-bond acceptors (Lipinski definition) is 8. The number of hydrogen-bond donors (Lipinski definition) is 2. The lowest BCUT2D eigenvalue weighted by Gasteiger charge is -2.35. The summed E-state index contributed by atoms with van der Waals surface area (Å²) in [5.74, 6) is -1.45. The molecule has 0 saturated heterocycles. The van der Waals surface area contributed by atoms with E-state index in [-0.39, 0.29) is 18.6 Å². The van der Waals surface area contributed by atoms with Crippen molar-refractivity contribution in [2.24, 2.45) is 5.73 Å². The third-order valence-corrected chi connectivity index (χ3v) is 11.4. The minimum Gasteiger partial charge on any atom is -0.457 e. The Kier molecular flexibility index (Phi) is 5.99. The van der Waals surface area contributed by atoms with Gasteiger partial charge in [-0.2, -0.15) is 0 Å². The third-order valence-electron chi connectivity index (χ3n) is 7.69. The molecule has 0 amide bonds. The van der Waals surface area contributed by atoms with Gasteiger partial charge >= 0.3 is 11.9 Å². The van der Waals surface area contributed by atoms with Crippen molar-refractivity contribution < 1.29 is 19.1 Å². The quantitative estimate of drug-likeness (QED) is 0.225. The Morgan fingerprint density at radius 1 is 1.22 bits per heavy atom. The molecule has 9 nitrogen and oxygen atoms in total. The standard InChI is InChI=1S/C27H32N4O5Si/c1-5-9-37(3,4)24-16-10-15(29)7-8-20(16)30-23-17(24)13-31-21(23)11-19-18(25(31)33)14-35-26(34)27(19,6-2)36-22(32)12-28/h7-8,10-11H,5-6,9,12-14,28-29H2,1-4H3. The van der Waals surface area contributed by atoms with Crippen LogP contribution in [0.2, 0.25) is 19.1 Å². The number of ether oxygens (including phenoxy) is 2. The highest BCUT2D eigenvalue weighted by Crippen LogP contribution is 2.41. The van der Waals surface area contributed by atoms with Crippen LogP contribution in [0, 0.1) is 0 Å². The van der Waals surface area contributed by atoms with E-state index in [0.29, 0.717) is 29.1 Å². The molecule has 0 fully saturated rings. The maximum Gasteiger partial charge on any atom is 0.355 e. The number of esters is 2. The van der Waals surface area contributed by atoms with Crippen molar-refractivity contribution in [3.8, 4) is 11.4 Å². The first-order valence-corrected chi connectivity index (χ1v) is 15.9. The summed E-state index contributed by atoms with van der Waals surface area (Å²) >= 11 is 0. The second-order valence-corrected chi connectivity index (χ2v) is 15.2. The first kappa shape index (κ1) is 25.2. The van der Waals surface area contributed by atoms with Crippen LogP contribution in [0.25, 0.3) is 22.3 Å². The molecule has 10 heteroatoms. The van der Waals surface area contributed by atoms with Gasteiger partial charge in [0.1, 0.15) is 6.61 Å². The van der Waals surface area contributed by atoms with Crippen molar-refractivity contribution >= 4 is 41.8 Å². The van der Waals surface area contributed by atoms with Crippen LogP contribution in [0.1, 0.15) is 43.4 Å². The van der Waals surface area contributed by atoms with Crippen LogP contribution in [-0.2, 0) is 37.8 Å². The molecule has 0 spiro atoms. The number of carbonyl (C=O) groups is 2. The fourth-order valence-electron chi connectivity index (χ4n) is 6.01. The largest absolute Gasteiger partial charge is 0.457 e. The first-order valence-electron chi connectivity index (χ1n) is 12.7. The lowest BCUT2D eigenvalue weighted by atomic mass is 9.85. The van der Waals surface area contributed by atoms with Crippen molar-refractivity contribution in [3.05, 3.63) is 51.3 Å². The second-order valence-electron chi connectivity index (χ2n) is 10.5. The average Bonchev–Trinajstić information content (AvgIpc) is 3.22. The lowest BCUT2D eigenvalue weighted by Crippen LogP contribution is -2.48. The molecule has 2 aliphatic heterocycles. The molecule has 1 aromatic carbocycles. The number of cyclic esters (lactones) is 1. The summed E-state index contributed by atoms with van der Waals surface area (Å²) < 4.78 is 12.7.